The van der Waals surface area contributed by atoms with E-state index in [1.165, 1.54) is 7.11 Å². The number of rotatable bonds is 1. The number of benzene rings is 1. The van der Waals surface area contributed by atoms with Gasteiger partial charge in [-0.05, 0) is 19.4 Å². The predicted molar refractivity (Wildman–Crippen MR) is 66.4 cm³/mol. The second-order valence-electron chi connectivity index (χ2n) is 4.69. The molecule has 98 valence electrons. The van der Waals surface area contributed by atoms with E-state index >= 15 is 0 Å². The molecular weight excluding hydrogens is 254 g/mol. The average Bonchev–Trinajstić information content (AvgIpc) is 2.35. The number of hydrogen-bond acceptors (Lipinski definition) is 4. The summed E-state index contributed by atoms with van der Waals surface area (Å²) in [7, 11) is -2.48. The second-order valence-corrected chi connectivity index (χ2v) is 7.08. The van der Waals surface area contributed by atoms with E-state index in [0.29, 0.717) is 0 Å². The third-order valence-electron chi connectivity index (χ3n) is 3.29. The molecule has 1 amide bonds. The van der Waals surface area contributed by atoms with Crippen molar-refractivity contribution in [3.05, 3.63) is 35.9 Å². The highest BCUT2D eigenvalue weighted by atomic mass is 32.2. The second kappa shape index (κ2) is 3.98. The molecule has 0 aliphatic carbocycles. The van der Waals surface area contributed by atoms with Crippen LogP contribution in [0.3, 0.4) is 0 Å². The molecule has 6 heteroatoms. The molecule has 1 aliphatic rings. The summed E-state index contributed by atoms with van der Waals surface area (Å²) in [6.45, 7) is 3.22. The summed E-state index contributed by atoms with van der Waals surface area (Å²) in [6, 6.07) is 8.55. The summed E-state index contributed by atoms with van der Waals surface area (Å²) in [5.74, 6) is 0. The number of amides is 1. The number of carbonyl (C=O) groups is 1. The van der Waals surface area contributed by atoms with Crippen LogP contribution in [0.5, 0.6) is 0 Å². The molecule has 1 aromatic rings. The van der Waals surface area contributed by atoms with Crippen molar-refractivity contribution >= 4 is 16.1 Å². The van der Waals surface area contributed by atoms with Gasteiger partial charge in [-0.15, -0.1) is 0 Å². The molecule has 0 spiro atoms. The molecule has 0 saturated carbocycles. The maximum absolute atomic E-state index is 12.1. The number of sulfonamides is 1. The van der Waals surface area contributed by atoms with Crippen molar-refractivity contribution < 1.29 is 17.9 Å². The van der Waals surface area contributed by atoms with Crippen molar-refractivity contribution in [2.75, 3.05) is 7.11 Å². The Labute approximate surface area is 106 Å². The third-order valence-corrected chi connectivity index (χ3v) is 5.72. The maximum atomic E-state index is 12.1. The normalized spacial score (nSPS) is 24.2. The first-order valence-electron chi connectivity index (χ1n) is 5.51. The lowest BCUT2D eigenvalue weighted by atomic mass is 9.94. The molecule has 0 aromatic heterocycles. The van der Waals surface area contributed by atoms with E-state index in [1.54, 1.807) is 26.0 Å². The first-order chi connectivity index (χ1) is 8.34. The summed E-state index contributed by atoms with van der Waals surface area (Å²) in [6.07, 6.45) is -0.844. The molecule has 0 radical (unpaired) electrons. The fraction of sp³-hybridized carbons (Fsp3) is 0.417. The van der Waals surface area contributed by atoms with Crippen LogP contribution in [0.4, 0.5) is 4.79 Å². The number of ether oxygens (including phenoxy) is 1. The van der Waals surface area contributed by atoms with Crippen molar-refractivity contribution in [2.45, 2.75) is 24.6 Å². The fourth-order valence-corrected chi connectivity index (χ4v) is 4.04. The minimum Gasteiger partial charge on any atom is -0.452 e. The first-order valence-corrected chi connectivity index (χ1v) is 6.95. The van der Waals surface area contributed by atoms with Gasteiger partial charge in [0, 0.05) is 0 Å². The summed E-state index contributed by atoms with van der Waals surface area (Å²) >= 11 is 0. The van der Waals surface area contributed by atoms with Gasteiger partial charge in [-0.2, -0.15) is 4.31 Å². The lowest BCUT2D eigenvalue weighted by Crippen LogP contribution is -2.66. The van der Waals surface area contributed by atoms with E-state index in [1.807, 2.05) is 18.2 Å². The molecular formula is C12H15NO4S. The van der Waals surface area contributed by atoms with Gasteiger partial charge in [-0.1, -0.05) is 30.3 Å². The lowest BCUT2D eigenvalue weighted by Gasteiger charge is -2.51. The van der Waals surface area contributed by atoms with Crippen molar-refractivity contribution in [1.82, 2.24) is 4.31 Å². The van der Waals surface area contributed by atoms with Crippen LogP contribution in [0.1, 0.15) is 25.5 Å². The molecule has 1 saturated heterocycles. The molecule has 0 N–H and O–H groups in total. The summed E-state index contributed by atoms with van der Waals surface area (Å²) in [5, 5.41) is 0. The van der Waals surface area contributed by atoms with E-state index in [0.717, 1.165) is 9.87 Å². The van der Waals surface area contributed by atoms with Gasteiger partial charge in [-0.3, -0.25) is 0 Å². The number of methoxy groups -OCH3 is 1. The van der Waals surface area contributed by atoms with Crippen LogP contribution < -0.4 is 0 Å². The Hall–Kier alpha value is -1.56. The van der Waals surface area contributed by atoms with Crippen LogP contribution in [0.15, 0.2) is 30.3 Å². The van der Waals surface area contributed by atoms with Gasteiger partial charge in [0.25, 0.3) is 0 Å². The third kappa shape index (κ3) is 1.52. The number of hydrogen-bond donors (Lipinski definition) is 0. The van der Waals surface area contributed by atoms with E-state index in [4.69, 9.17) is 0 Å². The van der Waals surface area contributed by atoms with E-state index in [9.17, 15) is 13.2 Å². The van der Waals surface area contributed by atoms with E-state index in [2.05, 4.69) is 4.74 Å². The summed E-state index contributed by atoms with van der Waals surface area (Å²) in [4.78, 5) is 11.6. The molecule has 1 heterocycles. The quantitative estimate of drug-likeness (QED) is 0.781. The molecule has 18 heavy (non-hydrogen) atoms. The van der Waals surface area contributed by atoms with Crippen molar-refractivity contribution in [1.29, 1.82) is 0 Å². The van der Waals surface area contributed by atoms with Crippen LogP contribution in [-0.4, -0.2) is 30.7 Å². The van der Waals surface area contributed by atoms with Crippen molar-refractivity contribution in [3.8, 4) is 0 Å². The summed E-state index contributed by atoms with van der Waals surface area (Å²) in [5.41, 5.74) is 0.780. The highest BCUT2D eigenvalue weighted by Gasteiger charge is 2.63. The molecule has 2 rings (SSSR count). The Morgan fingerprint density at radius 1 is 1.28 bits per heavy atom. The highest BCUT2D eigenvalue weighted by Crippen LogP contribution is 2.50. The van der Waals surface area contributed by atoms with E-state index in [-0.39, 0.29) is 0 Å². The number of nitrogens with zero attached hydrogens (tertiary/aromatic N) is 1. The van der Waals surface area contributed by atoms with Gasteiger partial charge < -0.3 is 4.74 Å². The van der Waals surface area contributed by atoms with Crippen LogP contribution in [0, 0.1) is 0 Å². The van der Waals surface area contributed by atoms with Gasteiger partial charge >= 0.3 is 6.09 Å². The smallest absolute Gasteiger partial charge is 0.423 e. The van der Waals surface area contributed by atoms with E-state index < -0.39 is 26.9 Å². The minimum absolute atomic E-state index is 0.517. The molecule has 5 nitrogen and oxygen atoms in total. The highest BCUT2D eigenvalue weighted by molar-refractivity contribution is 7.92. The SMILES string of the molecule is COC(=O)N1[C@H](c2ccccc2)C(C)(C)S1(=O)=O. The predicted octanol–water partition coefficient (Wildman–Crippen LogP) is 1.92. The average molecular weight is 269 g/mol. The zero-order chi connectivity index (χ0) is 13.6. The Morgan fingerprint density at radius 3 is 2.33 bits per heavy atom. The Bertz CT molecular complexity index is 565. The maximum Gasteiger partial charge on any atom is 0.423 e. The van der Waals surface area contributed by atoms with Crippen LogP contribution in [0.25, 0.3) is 0 Å². The zero-order valence-corrected chi connectivity index (χ0v) is 11.3. The Kier molecular flexibility index (Phi) is 2.85. The minimum atomic E-state index is -3.65. The van der Waals surface area contributed by atoms with Gasteiger partial charge in [0.05, 0.1) is 13.2 Å². The zero-order valence-electron chi connectivity index (χ0n) is 10.5. The largest absolute Gasteiger partial charge is 0.452 e. The molecule has 1 aromatic carbocycles. The monoisotopic (exact) mass is 269 g/mol. The van der Waals surface area contributed by atoms with Crippen molar-refractivity contribution in [3.63, 3.8) is 0 Å². The van der Waals surface area contributed by atoms with Crippen LogP contribution in [0.2, 0.25) is 0 Å². The molecule has 0 bridgehead atoms. The number of carbonyl (C=O) groups excluding carboxylic acids is 1. The molecule has 1 aliphatic heterocycles. The van der Waals surface area contributed by atoms with Gasteiger partial charge in [-0.25, -0.2) is 13.2 Å². The molecule has 1 atom stereocenters. The first kappa shape index (κ1) is 12.9. The molecule has 0 unspecified atom stereocenters. The summed E-state index contributed by atoms with van der Waals surface area (Å²) < 4.78 is 28.5. The van der Waals surface area contributed by atoms with Gasteiger partial charge in [0.15, 0.2) is 0 Å². The van der Waals surface area contributed by atoms with Crippen molar-refractivity contribution in [2.24, 2.45) is 0 Å². The standard InChI is InChI=1S/C12H15NO4S/c1-12(2)10(9-7-5-4-6-8-9)13(11(14)17-3)18(12,15)16/h4-8,10H,1-3H3/t10-/m1/s1. The van der Waals surface area contributed by atoms with Gasteiger partial charge in [0.2, 0.25) is 10.0 Å². The van der Waals surface area contributed by atoms with Gasteiger partial charge in [0.1, 0.15) is 4.75 Å². The Balaban J connectivity index is 2.49. The molecule has 1 fully saturated rings. The lowest BCUT2D eigenvalue weighted by molar-refractivity contribution is 0.115. The fourth-order valence-electron chi connectivity index (χ4n) is 2.23. The van der Waals surface area contributed by atoms with Crippen LogP contribution >= 0.6 is 0 Å². The Morgan fingerprint density at radius 2 is 1.83 bits per heavy atom. The topological polar surface area (TPSA) is 63.7 Å². The van der Waals surface area contributed by atoms with Crippen LogP contribution in [-0.2, 0) is 14.8 Å².